The number of unbranched alkanes of at least 4 members (excludes halogenated alkanes) is 3. The van der Waals surface area contributed by atoms with Crippen molar-refractivity contribution in [1.29, 1.82) is 0 Å². The van der Waals surface area contributed by atoms with Gasteiger partial charge in [-0.05, 0) is 38.8 Å². The Morgan fingerprint density at radius 2 is 1.35 bits per heavy atom. The van der Waals surface area contributed by atoms with Crippen LogP contribution in [0.4, 0.5) is 0 Å². The Morgan fingerprint density at radius 3 is 1.82 bits per heavy atom. The van der Waals surface area contributed by atoms with E-state index in [1.807, 2.05) is 0 Å². The van der Waals surface area contributed by atoms with Crippen molar-refractivity contribution in [2.75, 3.05) is 20.6 Å². The highest BCUT2D eigenvalue weighted by atomic mass is 15.1. The van der Waals surface area contributed by atoms with E-state index in [1.54, 1.807) is 0 Å². The fourth-order valence-corrected chi connectivity index (χ4v) is 2.51. The van der Waals surface area contributed by atoms with E-state index in [4.69, 9.17) is 0 Å². The van der Waals surface area contributed by atoms with Gasteiger partial charge in [-0.25, -0.2) is 0 Å². The van der Waals surface area contributed by atoms with E-state index < -0.39 is 0 Å². The summed E-state index contributed by atoms with van der Waals surface area (Å²) in [6, 6.07) is 0. The first-order valence-electron chi connectivity index (χ1n) is 7.71. The van der Waals surface area contributed by atoms with E-state index in [0.29, 0.717) is 0 Å². The van der Waals surface area contributed by atoms with Gasteiger partial charge in [0.05, 0.1) is 0 Å². The second-order valence-electron chi connectivity index (χ2n) is 6.30. The molecule has 0 heterocycles. The molecule has 0 fully saturated rings. The predicted molar refractivity (Wildman–Crippen MR) is 79.5 cm³/mol. The van der Waals surface area contributed by atoms with E-state index in [9.17, 15) is 0 Å². The Bertz CT molecular complexity index is 152. The minimum absolute atomic E-state index is 0.877. The van der Waals surface area contributed by atoms with Crippen LogP contribution in [0.2, 0.25) is 0 Å². The van der Waals surface area contributed by atoms with Crippen molar-refractivity contribution in [3.05, 3.63) is 0 Å². The average Bonchev–Trinajstić information content (AvgIpc) is 2.23. The first-order valence-corrected chi connectivity index (χ1v) is 7.71. The van der Waals surface area contributed by atoms with Crippen molar-refractivity contribution in [3.8, 4) is 0 Å². The molecule has 0 N–H and O–H groups in total. The molecule has 0 aliphatic rings. The van der Waals surface area contributed by atoms with E-state index in [2.05, 4.69) is 39.8 Å². The maximum Gasteiger partial charge on any atom is 0.000356 e. The van der Waals surface area contributed by atoms with Gasteiger partial charge in [0.2, 0.25) is 0 Å². The number of nitrogens with zero attached hydrogens (tertiary/aromatic N) is 1. The van der Waals surface area contributed by atoms with Crippen molar-refractivity contribution in [3.63, 3.8) is 0 Å². The van der Waals surface area contributed by atoms with Crippen molar-refractivity contribution in [2.24, 2.45) is 11.8 Å². The highest BCUT2D eigenvalue weighted by Crippen LogP contribution is 2.19. The Morgan fingerprint density at radius 1 is 0.824 bits per heavy atom. The molecule has 0 radical (unpaired) electrons. The van der Waals surface area contributed by atoms with Crippen LogP contribution in [0.1, 0.15) is 72.1 Å². The summed E-state index contributed by atoms with van der Waals surface area (Å²) in [5.74, 6) is 1.81. The highest BCUT2D eigenvalue weighted by molar-refractivity contribution is 4.63. The maximum absolute atomic E-state index is 2.36. The molecule has 0 aromatic carbocycles. The summed E-state index contributed by atoms with van der Waals surface area (Å²) in [4.78, 5) is 2.36. The minimum Gasteiger partial charge on any atom is -0.309 e. The average molecular weight is 241 g/mol. The van der Waals surface area contributed by atoms with Gasteiger partial charge in [-0.2, -0.15) is 0 Å². The highest BCUT2D eigenvalue weighted by Gasteiger charge is 2.09. The van der Waals surface area contributed by atoms with Crippen molar-refractivity contribution >= 4 is 0 Å². The van der Waals surface area contributed by atoms with Crippen LogP contribution in [0.5, 0.6) is 0 Å². The van der Waals surface area contributed by atoms with Crippen LogP contribution >= 0.6 is 0 Å². The summed E-state index contributed by atoms with van der Waals surface area (Å²) in [5, 5.41) is 0. The van der Waals surface area contributed by atoms with Crippen LogP contribution in [-0.4, -0.2) is 25.5 Å². The lowest BCUT2D eigenvalue weighted by Gasteiger charge is -2.21. The normalized spacial score (nSPS) is 13.6. The van der Waals surface area contributed by atoms with Crippen LogP contribution in [0.25, 0.3) is 0 Å². The van der Waals surface area contributed by atoms with Crippen molar-refractivity contribution in [1.82, 2.24) is 4.90 Å². The van der Waals surface area contributed by atoms with Crippen LogP contribution in [0, 0.1) is 11.8 Å². The van der Waals surface area contributed by atoms with Crippen LogP contribution in [0.15, 0.2) is 0 Å². The second-order valence-corrected chi connectivity index (χ2v) is 6.30. The second kappa shape index (κ2) is 11.1. The van der Waals surface area contributed by atoms with E-state index in [1.165, 1.54) is 57.9 Å². The molecule has 0 saturated carbocycles. The lowest BCUT2D eigenvalue weighted by atomic mass is 9.93. The van der Waals surface area contributed by atoms with Gasteiger partial charge in [-0.3, -0.25) is 0 Å². The van der Waals surface area contributed by atoms with Crippen LogP contribution in [-0.2, 0) is 0 Å². The molecule has 0 aliphatic carbocycles. The van der Waals surface area contributed by atoms with Gasteiger partial charge < -0.3 is 4.90 Å². The molecule has 17 heavy (non-hydrogen) atoms. The van der Waals surface area contributed by atoms with Gasteiger partial charge in [0.25, 0.3) is 0 Å². The third kappa shape index (κ3) is 12.2. The molecular formula is C16H35N. The number of rotatable bonds is 11. The van der Waals surface area contributed by atoms with Crippen LogP contribution < -0.4 is 0 Å². The number of hydrogen-bond donors (Lipinski definition) is 0. The van der Waals surface area contributed by atoms with Crippen molar-refractivity contribution < 1.29 is 0 Å². The predicted octanol–water partition coefficient (Wildman–Crippen LogP) is 4.96. The smallest absolute Gasteiger partial charge is 0.000356 e. The van der Waals surface area contributed by atoms with Gasteiger partial charge in [0.15, 0.2) is 0 Å². The molecular weight excluding hydrogens is 206 g/mol. The van der Waals surface area contributed by atoms with E-state index in [-0.39, 0.29) is 0 Å². The monoisotopic (exact) mass is 241 g/mol. The fraction of sp³-hybridized carbons (Fsp3) is 1.00. The zero-order valence-electron chi connectivity index (χ0n) is 13.0. The maximum atomic E-state index is 2.36. The Hall–Kier alpha value is -0.0400. The summed E-state index contributed by atoms with van der Waals surface area (Å²) < 4.78 is 0. The topological polar surface area (TPSA) is 3.24 Å². The van der Waals surface area contributed by atoms with Gasteiger partial charge >= 0.3 is 0 Å². The van der Waals surface area contributed by atoms with Gasteiger partial charge in [0, 0.05) is 6.54 Å². The zero-order valence-corrected chi connectivity index (χ0v) is 13.0. The zero-order chi connectivity index (χ0) is 13.1. The Labute approximate surface area is 110 Å². The molecule has 1 heteroatoms. The third-order valence-corrected chi connectivity index (χ3v) is 3.48. The van der Waals surface area contributed by atoms with Crippen LogP contribution in [0.3, 0.4) is 0 Å². The molecule has 1 nitrogen and oxygen atoms in total. The van der Waals surface area contributed by atoms with E-state index >= 15 is 0 Å². The van der Waals surface area contributed by atoms with E-state index in [0.717, 1.165) is 11.8 Å². The lowest BCUT2D eigenvalue weighted by molar-refractivity contribution is 0.286. The Kier molecular flexibility index (Phi) is 11.0. The first kappa shape index (κ1) is 17.0. The third-order valence-electron chi connectivity index (χ3n) is 3.48. The quantitative estimate of drug-likeness (QED) is 0.462. The summed E-state index contributed by atoms with van der Waals surface area (Å²) >= 11 is 0. The SMILES string of the molecule is CCCCCC(CCCCC(C)C)CN(C)C. The minimum atomic E-state index is 0.877. The van der Waals surface area contributed by atoms with Crippen molar-refractivity contribution in [2.45, 2.75) is 72.1 Å². The Balaban J connectivity index is 3.68. The molecule has 0 bridgehead atoms. The number of hydrogen-bond acceptors (Lipinski definition) is 1. The summed E-state index contributed by atoms with van der Waals surface area (Å²) in [5.41, 5.74) is 0. The molecule has 1 unspecified atom stereocenters. The fourth-order valence-electron chi connectivity index (χ4n) is 2.51. The largest absolute Gasteiger partial charge is 0.309 e. The summed E-state index contributed by atoms with van der Waals surface area (Å²) in [7, 11) is 4.42. The first-order chi connectivity index (χ1) is 8.06. The molecule has 104 valence electrons. The van der Waals surface area contributed by atoms with Gasteiger partial charge in [0.1, 0.15) is 0 Å². The lowest BCUT2D eigenvalue weighted by Crippen LogP contribution is -2.21. The van der Waals surface area contributed by atoms with Gasteiger partial charge in [-0.15, -0.1) is 0 Å². The standard InChI is InChI=1S/C16H35N/c1-6-7-8-12-16(14-17(4)5)13-10-9-11-15(2)3/h15-16H,6-14H2,1-5H3. The molecule has 0 aromatic rings. The summed E-state index contributed by atoms with van der Waals surface area (Å²) in [6.45, 7) is 8.24. The molecule has 0 rings (SSSR count). The van der Waals surface area contributed by atoms with Gasteiger partial charge in [-0.1, -0.05) is 59.3 Å². The molecule has 0 aromatic heterocycles. The molecule has 0 aliphatic heterocycles. The molecule has 0 saturated heterocycles. The molecule has 0 spiro atoms. The summed E-state index contributed by atoms with van der Waals surface area (Å²) in [6.07, 6.45) is 11.3. The molecule has 1 atom stereocenters. The molecule has 0 amide bonds.